The predicted octanol–water partition coefficient (Wildman–Crippen LogP) is 2.63. The van der Waals surface area contributed by atoms with E-state index < -0.39 is 0 Å². The number of ether oxygens (including phenoxy) is 1. The molecule has 0 aliphatic carbocycles. The fourth-order valence-electron chi connectivity index (χ4n) is 3.02. The number of aryl methyl sites for hydroxylation is 2. The van der Waals surface area contributed by atoms with Crippen LogP contribution in [0.15, 0.2) is 18.2 Å². The number of nitrogens with two attached hydrogens (primary N) is 1. The largest absolute Gasteiger partial charge is 0.373 e. The maximum absolute atomic E-state index is 6.00. The van der Waals surface area contributed by atoms with Crippen molar-refractivity contribution in [3.8, 4) is 0 Å². The smallest absolute Gasteiger partial charge is 0.0794 e. The van der Waals surface area contributed by atoms with Crippen LogP contribution in [0.1, 0.15) is 30.9 Å². The lowest BCUT2D eigenvalue weighted by atomic mass is 10.0. The third-order valence-corrected chi connectivity index (χ3v) is 4.05. The number of anilines is 1. The van der Waals surface area contributed by atoms with Crippen molar-refractivity contribution >= 4 is 5.69 Å². The van der Waals surface area contributed by atoms with E-state index in [1.807, 2.05) is 0 Å². The van der Waals surface area contributed by atoms with E-state index in [0.29, 0.717) is 12.6 Å². The predicted molar refractivity (Wildman–Crippen MR) is 80.7 cm³/mol. The average molecular weight is 262 g/mol. The third-order valence-electron chi connectivity index (χ3n) is 4.05. The fraction of sp³-hybridized carbons (Fsp3) is 0.625. The molecule has 2 rings (SSSR count). The molecule has 3 heteroatoms. The van der Waals surface area contributed by atoms with Crippen LogP contribution in [0.4, 0.5) is 5.69 Å². The summed E-state index contributed by atoms with van der Waals surface area (Å²) in [7, 11) is 2.12. The van der Waals surface area contributed by atoms with Crippen LogP contribution in [0.25, 0.3) is 0 Å². The molecule has 0 radical (unpaired) electrons. The lowest BCUT2D eigenvalue weighted by Crippen LogP contribution is -2.46. The van der Waals surface area contributed by atoms with Crippen molar-refractivity contribution in [1.82, 2.24) is 0 Å². The first kappa shape index (κ1) is 14.4. The molecule has 3 unspecified atom stereocenters. The van der Waals surface area contributed by atoms with Crippen LogP contribution in [0.5, 0.6) is 0 Å². The number of likely N-dealkylation sites (N-methyl/N-ethyl adjacent to an activating group) is 1. The molecule has 2 N–H and O–H groups in total. The van der Waals surface area contributed by atoms with Gasteiger partial charge in [-0.05, 0) is 56.9 Å². The molecule has 1 aromatic rings. The van der Waals surface area contributed by atoms with Crippen LogP contribution in [-0.4, -0.2) is 31.8 Å². The average Bonchev–Trinajstić information content (AvgIpc) is 2.75. The van der Waals surface area contributed by atoms with E-state index in [1.165, 1.54) is 16.8 Å². The van der Waals surface area contributed by atoms with Gasteiger partial charge in [0.05, 0.1) is 18.2 Å². The molecule has 1 aliphatic heterocycles. The summed E-state index contributed by atoms with van der Waals surface area (Å²) in [4.78, 5) is 2.28. The molecule has 106 valence electrons. The maximum Gasteiger partial charge on any atom is 0.0794 e. The number of benzene rings is 1. The van der Waals surface area contributed by atoms with Gasteiger partial charge in [-0.15, -0.1) is 0 Å². The van der Waals surface area contributed by atoms with Crippen LogP contribution in [-0.2, 0) is 4.74 Å². The van der Waals surface area contributed by atoms with E-state index in [1.54, 1.807) is 0 Å². The quantitative estimate of drug-likeness (QED) is 0.906. The summed E-state index contributed by atoms with van der Waals surface area (Å²) >= 11 is 0. The van der Waals surface area contributed by atoms with E-state index in [9.17, 15) is 0 Å². The Hall–Kier alpha value is -1.06. The molecular weight excluding hydrogens is 236 g/mol. The summed E-state index contributed by atoms with van der Waals surface area (Å²) in [5.74, 6) is 0. The molecule has 0 spiro atoms. The molecule has 3 nitrogen and oxygen atoms in total. The van der Waals surface area contributed by atoms with Crippen LogP contribution in [0.3, 0.4) is 0 Å². The highest BCUT2D eigenvalue weighted by Gasteiger charge is 2.31. The standard InChI is InChI=1S/C16H26N2O/c1-11-7-12(2)9-14(8-11)18(4)15(10-17)16-6-5-13(3)19-16/h7-9,13,15-16H,5-6,10,17H2,1-4H3. The lowest BCUT2D eigenvalue weighted by molar-refractivity contribution is 0.0411. The first-order valence-electron chi connectivity index (χ1n) is 7.18. The summed E-state index contributed by atoms with van der Waals surface area (Å²) in [6, 6.07) is 6.89. The minimum atomic E-state index is 0.255. The van der Waals surface area contributed by atoms with E-state index in [4.69, 9.17) is 10.5 Å². The zero-order chi connectivity index (χ0) is 14.0. The minimum Gasteiger partial charge on any atom is -0.373 e. The summed E-state index contributed by atoms with van der Waals surface area (Å²) in [5.41, 5.74) is 9.80. The zero-order valence-corrected chi connectivity index (χ0v) is 12.5. The van der Waals surface area contributed by atoms with Crippen LogP contribution >= 0.6 is 0 Å². The Morgan fingerprint density at radius 1 is 1.26 bits per heavy atom. The normalized spacial score (nSPS) is 24.5. The van der Waals surface area contributed by atoms with Gasteiger partial charge in [0.1, 0.15) is 0 Å². The Morgan fingerprint density at radius 3 is 2.37 bits per heavy atom. The van der Waals surface area contributed by atoms with Gasteiger partial charge in [-0.25, -0.2) is 0 Å². The molecule has 0 bridgehead atoms. The molecule has 0 saturated carbocycles. The molecule has 1 saturated heterocycles. The molecule has 3 atom stereocenters. The van der Waals surface area contributed by atoms with Crippen molar-refractivity contribution in [3.63, 3.8) is 0 Å². The number of hydrogen-bond donors (Lipinski definition) is 1. The highest BCUT2D eigenvalue weighted by Crippen LogP contribution is 2.27. The highest BCUT2D eigenvalue weighted by molar-refractivity contribution is 5.51. The Balaban J connectivity index is 2.17. The summed E-state index contributed by atoms with van der Waals surface area (Å²) in [6.07, 6.45) is 2.87. The Kier molecular flexibility index (Phi) is 4.48. The van der Waals surface area contributed by atoms with Gasteiger partial charge in [0.15, 0.2) is 0 Å². The number of nitrogens with zero attached hydrogens (tertiary/aromatic N) is 1. The van der Waals surface area contributed by atoms with E-state index in [0.717, 1.165) is 12.8 Å². The Labute approximate surface area is 116 Å². The molecule has 1 fully saturated rings. The van der Waals surface area contributed by atoms with E-state index in [-0.39, 0.29) is 12.1 Å². The summed E-state index contributed by atoms with van der Waals surface area (Å²) in [5, 5.41) is 0. The minimum absolute atomic E-state index is 0.255. The van der Waals surface area contributed by atoms with Gasteiger partial charge in [0.25, 0.3) is 0 Å². The van der Waals surface area contributed by atoms with Gasteiger partial charge in [0.2, 0.25) is 0 Å². The Bertz CT molecular complexity index is 413. The van der Waals surface area contributed by atoms with Gasteiger partial charge in [0, 0.05) is 19.3 Å². The monoisotopic (exact) mass is 262 g/mol. The topological polar surface area (TPSA) is 38.5 Å². The second-order valence-corrected chi connectivity index (χ2v) is 5.82. The van der Waals surface area contributed by atoms with Crippen molar-refractivity contribution < 1.29 is 4.74 Å². The molecular formula is C16H26N2O. The molecule has 1 heterocycles. The van der Waals surface area contributed by atoms with Crippen molar-refractivity contribution in [3.05, 3.63) is 29.3 Å². The Morgan fingerprint density at radius 2 is 1.89 bits per heavy atom. The van der Waals surface area contributed by atoms with Crippen LogP contribution in [0.2, 0.25) is 0 Å². The third kappa shape index (κ3) is 3.28. The van der Waals surface area contributed by atoms with E-state index in [2.05, 4.69) is 50.9 Å². The molecule has 0 aromatic heterocycles. The van der Waals surface area contributed by atoms with Crippen molar-refractivity contribution in [2.75, 3.05) is 18.5 Å². The molecule has 1 aromatic carbocycles. The first-order chi connectivity index (χ1) is 9.01. The second kappa shape index (κ2) is 5.93. The maximum atomic E-state index is 6.00. The molecule has 0 amide bonds. The highest BCUT2D eigenvalue weighted by atomic mass is 16.5. The van der Waals surface area contributed by atoms with Crippen molar-refractivity contribution in [2.45, 2.75) is 51.9 Å². The second-order valence-electron chi connectivity index (χ2n) is 5.82. The lowest BCUT2D eigenvalue weighted by Gasteiger charge is -2.33. The van der Waals surface area contributed by atoms with Crippen LogP contribution < -0.4 is 10.6 Å². The van der Waals surface area contributed by atoms with Crippen molar-refractivity contribution in [1.29, 1.82) is 0 Å². The molecule has 19 heavy (non-hydrogen) atoms. The fourth-order valence-corrected chi connectivity index (χ4v) is 3.02. The zero-order valence-electron chi connectivity index (χ0n) is 12.5. The summed E-state index contributed by atoms with van der Waals surface area (Å²) < 4.78 is 6.00. The van der Waals surface area contributed by atoms with Crippen LogP contribution in [0, 0.1) is 13.8 Å². The van der Waals surface area contributed by atoms with Crippen molar-refractivity contribution in [2.24, 2.45) is 5.73 Å². The summed E-state index contributed by atoms with van der Waals surface area (Å²) in [6.45, 7) is 7.04. The molecule has 1 aliphatic rings. The van der Waals surface area contributed by atoms with Gasteiger partial charge < -0.3 is 15.4 Å². The number of rotatable bonds is 4. The van der Waals surface area contributed by atoms with Gasteiger partial charge in [-0.2, -0.15) is 0 Å². The SMILES string of the molecule is Cc1cc(C)cc(N(C)C(CN)C2CCC(C)O2)c1. The van der Waals surface area contributed by atoms with E-state index >= 15 is 0 Å². The number of hydrogen-bond acceptors (Lipinski definition) is 3. The first-order valence-corrected chi connectivity index (χ1v) is 7.18. The van der Waals surface area contributed by atoms with Gasteiger partial charge >= 0.3 is 0 Å². The van der Waals surface area contributed by atoms with Gasteiger partial charge in [-0.1, -0.05) is 6.07 Å². The van der Waals surface area contributed by atoms with Gasteiger partial charge in [-0.3, -0.25) is 0 Å².